The van der Waals surface area contributed by atoms with E-state index in [1.807, 2.05) is 12.1 Å². The fraction of sp³-hybridized carbons (Fsp3) is 0.435. The van der Waals surface area contributed by atoms with Crippen LogP contribution in [0.3, 0.4) is 0 Å². The number of hydrogen-bond acceptors (Lipinski definition) is 7. The molecule has 0 saturated carbocycles. The van der Waals surface area contributed by atoms with E-state index >= 15 is 0 Å². The molecule has 2 aliphatic rings. The summed E-state index contributed by atoms with van der Waals surface area (Å²) in [6, 6.07) is 9.93. The number of carbonyl (C=O) groups is 2. The van der Waals surface area contributed by atoms with Crippen molar-refractivity contribution in [2.24, 2.45) is 5.41 Å². The number of nitrogens with zero attached hydrogens (tertiary/aromatic N) is 3. The molecule has 2 saturated heterocycles. The van der Waals surface area contributed by atoms with Gasteiger partial charge in [-0.2, -0.15) is 0 Å². The zero-order valence-electron chi connectivity index (χ0n) is 18.7. The van der Waals surface area contributed by atoms with Gasteiger partial charge in [0.05, 0.1) is 36.1 Å². The van der Waals surface area contributed by atoms with E-state index in [4.69, 9.17) is 4.74 Å². The summed E-state index contributed by atoms with van der Waals surface area (Å²) in [5, 5.41) is 2.96. The predicted octanol–water partition coefficient (Wildman–Crippen LogP) is 1.59. The molecule has 0 spiro atoms. The average Bonchev–Trinajstić information content (AvgIpc) is 2.97. The first-order valence-corrected chi connectivity index (χ1v) is 12.5. The van der Waals surface area contributed by atoms with Crippen molar-refractivity contribution in [3.8, 4) is 0 Å². The standard InChI is InChI=1S/C23H28N4O5S/c1-23(2)16-33(30,31)27(22(23)29)19-7-3-5-17(13-19)21(28)25-15-20(18-6-4-8-24-14-18)26-9-11-32-12-10-26/h3-8,13-14,20H,9-12,15-16H2,1-2H3,(H,25,28). The Balaban J connectivity index is 1.52. The van der Waals surface area contributed by atoms with Crippen LogP contribution >= 0.6 is 0 Å². The van der Waals surface area contributed by atoms with E-state index in [2.05, 4.69) is 15.2 Å². The highest BCUT2D eigenvalue weighted by Crippen LogP contribution is 2.36. The number of carbonyl (C=O) groups excluding carboxylic acids is 2. The number of aromatic nitrogens is 1. The van der Waals surface area contributed by atoms with E-state index in [9.17, 15) is 18.0 Å². The predicted molar refractivity (Wildman–Crippen MR) is 123 cm³/mol. The number of nitrogens with one attached hydrogen (secondary N) is 1. The second-order valence-corrected chi connectivity index (χ2v) is 10.7. The Labute approximate surface area is 193 Å². The van der Waals surface area contributed by atoms with Crippen molar-refractivity contribution in [2.75, 3.05) is 42.9 Å². The van der Waals surface area contributed by atoms with Crippen LogP contribution in [0.5, 0.6) is 0 Å². The number of rotatable bonds is 6. The lowest BCUT2D eigenvalue weighted by molar-refractivity contribution is -0.123. The molecule has 4 rings (SSSR count). The number of hydrogen-bond donors (Lipinski definition) is 1. The zero-order chi connectivity index (χ0) is 23.6. The molecule has 9 nitrogen and oxygen atoms in total. The molecule has 2 fully saturated rings. The van der Waals surface area contributed by atoms with Gasteiger partial charge in [0, 0.05) is 37.6 Å². The second kappa shape index (κ2) is 9.20. The summed E-state index contributed by atoms with van der Waals surface area (Å²) in [5.74, 6) is -1.10. The molecule has 176 valence electrons. The lowest BCUT2D eigenvalue weighted by Gasteiger charge is -2.34. The van der Waals surface area contributed by atoms with E-state index in [0.717, 1.165) is 23.0 Å². The Hall–Kier alpha value is -2.82. The zero-order valence-corrected chi connectivity index (χ0v) is 19.5. The average molecular weight is 473 g/mol. The van der Waals surface area contributed by atoms with Crippen molar-refractivity contribution in [3.63, 3.8) is 0 Å². The highest BCUT2D eigenvalue weighted by atomic mass is 32.2. The number of amides is 2. The van der Waals surface area contributed by atoms with Crippen molar-refractivity contribution in [1.82, 2.24) is 15.2 Å². The molecule has 1 aromatic carbocycles. The molecular weight excluding hydrogens is 444 g/mol. The van der Waals surface area contributed by atoms with Crippen LogP contribution in [-0.2, 0) is 19.6 Å². The van der Waals surface area contributed by atoms with Gasteiger partial charge in [-0.05, 0) is 43.7 Å². The van der Waals surface area contributed by atoms with Crippen molar-refractivity contribution in [2.45, 2.75) is 19.9 Å². The van der Waals surface area contributed by atoms with E-state index < -0.39 is 21.3 Å². The number of benzene rings is 1. The minimum absolute atomic E-state index is 0.0731. The molecule has 1 unspecified atom stereocenters. The van der Waals surface area contributed by atoms with Crippen LogP contribution in [0.4, 0.5) is 5.69 Å². The van der Waals surface area contributed by atoms with Crippen LogP contribution in [0.1, 0.15) is 35.8 Å². The topological polar surface area (TPSA) is 109 Å². The molecular formula is C23H28N4O5S. The van der Waals surface area contributed by atoms with E-state index in [0.29, 0.717) is 19.8 Å². The number of sulfonamides is 1. The lowest BCUT2D eigenvalue weighted by atomic mass is 9.95. The maximum atomic E-state index is 13.0. The normalized spacial score (nSPS) is 21.0. The minimum atomic E-state index is -3.79. The van der Waals surface area contributed by atoms with Gasteiger partial charge in [-0.3, -0.25) is 19.5 Å². The molecule has 3 heterocycles. The third-order valence-electron chi connectivity index (χ3n) is 5.94. The summed E-state index contributed by atoms with van der Waals surface area (Å²) in [7, 11) is -3.79. The maximum Gasteiger partial charge on any atom is 0.251 e. The number of ether oxygens (including phenoxy) is 1. The summed E-state index contributed by atoms with van der Waals surface area (Å²) < 4.78 is 31.5. The first kappa shape index (κ1) is 23.3. The van der Waals surface area contributed by atoms with Crippen LogP contribution in [0.2, 0.25) is 0 Å². The molecule has 2 amide bonds. The Morgan fingerprint density at radius 1 is 1.21 bits per heavy atom. The van der Waals surface area contributed by atoms with Gasteiger partial charge in [-0.15, -0.1) is 0 Å². The molecule has 0 aliphatic carbocycles. The number of pyridine rings is 1. The highest BCUT2D eigenvalue weighted by Gasteiger charge is 2.50. The van der Waals surface area contributed by atoms with Crippen LogP contribution < -0.4 is 9.62 Å². The highest BCUT2D eigenvalue weighted by molar-refractivity contribution is 7.94. The maximum absolute atomic E-state index is 13.0. The van der Waals surface area contributed by atoms with Gasteiger partial charge in [-0.1, -0.05) is 12.1 Å². The fourth-order valence-electron chi connectivity index (χ4n) is 4.25. The number of anilines is 1. The quantitative estimate of drug-likeness (QED) is 0.680. The Morgan fingerprint density at radius 3 is 2.61 bits per heavy atom. The molecule has 1 atom stereocenters. The summed E-state index contributed by atoms with van der Waals surface area (Å²) in [5.41, 5.74) is 0.443. The van der Waals surface area contributed by atoms with Crippen LogP contribution in [0.15, 0.2) is 48.8 Å². The molecule has 10 heteroatoms. The summed E-state index contributed by atoms with van der Waals surface area (Å²) >= 11 is 0. The van der Waals surface area contributed by atoms with Crippen molar-refractivity contribution in [1.29, 1.82) is 0 Å². The van der Waals surface area contributed by atoms with Crippen molar-refractivity contribution < 1.29 is 22.7 Å². The fourth-order valence-corrected chi connectivity index (χ4v) is 6.35. The SMILES string of the molecule is CC1(C)CS(=O)(=O)N(c2cccc(C(=O)NCC(c3cccnc3)N3CCOCC3)c2)C1=O. The summed E-state index contributed by atoms with van der Waals surface area (Å²) in [4.78, 5) is 32.1. The summed E-state index contributed by atoms with van der Waals surface area (Å²) in [6.45, 7) is 6.30. The van der Waals surface area contributed by atoms with E-state index in [1.165, 1.54) is 12.1 Å². The van der Waals surface area contributed by atoms with Crippen LogP contribution in [0, 0.1) is 5.41 Å². The van der Waals surface area contributed by atoms with Crippen molar-refractivity contribution >= 4 is 27.5 Å². The van der Waals surface area contributed by atoms with Gasteiger partial charge >= 0.3 is 0 Å². The van der Waals surface area contributed by atoms with Gasteiger partial charge in [0.2, 0.25) is 15.9 Å². The van der Waals surface area contributed by atoms with Crippen LogP contribution in [0.25, 0.3) is 0 Å². The van der Waals surface area contributed by atoms with Gasteiger partial charge in [0.15, 0.2) is 0 Å². The third-order valence-corrected chi connectivity index (χ3v) is 7.96. The lowest BCUT2D eigenvalue weighted by Crippen LogP contribution is -2.43. The Kier molecular flexibility index (Phi) is 6.51. The smallest absolute Gasteiger partial charge is 0.251 e. The van der Waals surface area contributed by atoms with Gasteiger partial charge in [-0.25, -0.2) is 12.7 Å². The molecule has 1 aromatic heterocycles. The molecule has 2 aromatic rings. The van der Waals surface area contributed by atoms with Gasteiger partial charge < -0.3 is 10.1 Å². The first-order chi connectivity index (χ1) is 15.7. The molecule has 1 N–H and O–H groups in total. The third kappa shape index (κ3) is 4.92. The summed E-state index contributed by atoms with van der Waals surface area (Å²) in [6.07, 6.45) is 3.50. The molecule has 33 heavy (non-hydrogen) atoms. The molecule has 2 aliphatic heterocycles. The van der Waals surface area contributed by atoms with Gasteiger partial charge in [0.1, 0.15) is 0 Å². The van der Waals surface area contributed by atoms with E-state index in [1.54, 1.807) is 38.4 Å². The molecule has 0 bridgehead atoms. The Bertz CT molecular complexity index is 1130. The minimum Gasteiger partial charge on any atom is -0.379 e. The van der Waals surface area contributed by atoms with E-state index in [-0.39, 0.29) is 29.0 Å². The van der Waals surface area contributed by atoms with Gasteiger partial charge in [0.25, 0.3) is 5.91 Å². The molecule has 0 radical (unpaired) electrons. The monoisotopic (exact) mass is 472 g/mol. The first-order valence-electron chi connectivity index (χ1n) is 10.9. The largest absolute Gasteiger partial charge is 0.379 e. The second-order valence-electron chi connectivity index (χ2n) is 8.92. The van der Waals surface area contributed by atoms with Crippen molar-refractivity contribution in [3.05, 3.63) is 59.9 Å². The number of morpholine rings is 1. The van der Waals surface area contributed by atoms with Crippen LogP contribution in [-0.4, -0.2) is 68.7 Å². The Morgan fingerprint density at radius 2 is 1.97 bits per heavy atom.